The van der Waals surface area contributed by atoms with Gasteiger partial charge in [-0.1, -0.05) is 12.1 Å². The Bertz CT molecular complexity index is 578. The molecule has 0 unspecified atom stereocenters. The molecule has 2 rings (SSSR count). The maximum Gasteiger partial charge on any atom is 0.329 e. The van der Waals surface area contributed by atoms with Crippen LogP contribution in [-0.2, 0) is 14.3 Å². The highest BCUT2D eigenvalue weighted by atomic mass is 16.5. The fourth-order valence-corrected chi connectivity index (χ4v) is 1.57. The van der Waals surface area contributed by atoms with E-state index in [1.165, 1.54) is 0 Å². The molecule has 1 aromatic heterocycles. The molecule has 7 nitrogen and oxygen atoms in total. The van der Waals surface area contributed by atoms with Crippen molar-refractivity contribution in [3.05, 3.63) is 36.8 Å². The van der Waals surface area contributed by atoms with E-state index in [2.05, 4.69) is 20.0 Å². The first-order chi connectivity index (χ1) is 9.65. The third kappa shape index (κ3) is 3.92. The zero-order valence-corrected chi connectivity index (χ0v) is 10.5. The number of H-pyrrole nitrogens is 1. The van der Waals surface area contributed by atoms with Gasteiger partial charge in [0.25, 0.3) is 0 Å². The van der Waals surface area contributed by atoms with E-state index >= 15 is 0 Å². The van der Waals surface area contributed by atoms with E-state index in [9.17, 15) is 9.59 Å². The van der Waals surface area contributed by atoms with Crippen molar-refractivity contribution >= 4 is 17.6 Å². The largest absolute Gasteiger partial charge is 0.480 e. The van der Waals surface area contributed by atoms with Gasteiger partial charge in [-0.25, -0.2) is 9.78 Å². The molecule has 0 saturated heterocycles. The first kappa shape index (κ1) is 13.8. The van der Waals surface area contributed by atoms with Crippen LogP contribution in [-0.4, -0.2) is 40.2 Å². The lowest BCUT2D eigenvalue weighted by Gasteiger charge is -2.06. The predicted octanol–water partition coefficient (Wildman–Crippen LogP) is 1.12. The Labute approximate surface area is 114 Å². The van der Waals surface area contributed by atoms with Crippen molar-refractivity contribution in [3.8, 4) is 11.3 Å². The summed E-state index contributed by atoms with van der Waals surface area (Å²) in [5.74, 6) is -1.51. The van der Waals surface area contributed by atoms with Crippen molar-refractivity contribution < 1.29 is 19.4 Å². The summed E-state index contributed by atoms with van der Waals surface area (Å²) in [5, 5.41) is 11.0. The van der Waals surface area contributed by atoms with E-state index in [0.717, 1.165) is 11.3 Å². The number of imidazole rings is 1. The molecule has 0 atom stereocenters. The molecule has 0 aliphatic heterocycles. The molecule has 1 aromatic carbocycles. The van der Waals surface area contributed by atoms with Crippen LogP contribution in [0.2, 0.25) is 0 Å². The summed E-state index contributed by atoms with van der Waals surface area (Å²) in [7, 11) is 0. The summed E-state index contributed by atoms with van der Waals surface area (Å²) >= 11 is 0. The van der Waals surface area contributed by atoms with Gasteiger partial charge in [0, 0.05) is 5.69 Å². The maximum atomic E-state index is 11.5. The predicted molar refractivity (Wildman–Crippen MR) is 71.1 cm³/mol. The number of aromatic nitrogens is 2. The minimum Gasteiger partial charge on any atom is -0.480 e. The molecule has 2 aromatic rings. The Morgan fingerprint density at radius 1 is 1.25 bits per heavy atom. The normalized spacial score (nSPS) is 10.2. The third-order valence-corrected chi connectivity index (χ3v) is 2.44. The number of carboxylic acid groups (broad SMARTS) is 1. The highest BCUT2D eigenvalue weighted by Crippen LogP contribution is 2.18. The van der Waals surface area contributed by atoms with Crippen molar-refractivity contribution in [2.75, 3.05) is 18.5 Å². The average molecular weight is 275 g/mol. The number of rotatable bonds is 6. The summed E-state index contributed by atoms with van der Waals surface area (Å²) in [6, 6.07) is 7.15. The lowest BCUT2D eigenvalue weighted by atomic mass is 10.1. The number of carbonyl (C=O) groups excluding carboxylic acids is 1. The molecule has 0 saturated carbocycles. The highest BCUT2D eigenvalue weighted by Gasteiger charge is 2.05. The molecule has 0 aliphatic carbocycles. The molecule has 1 amide bonds. The first-order valence-electron chi connectivity index (χ1n) is 5.83. The monoisotopic (exact) mass is 275 g/mol. The highest BCUT2D eigenvalue weighted by molar-refractivity contribution is 5.92. The van der Waals surface area contributed by atoms with Crippen LogP contribution in [0.5, 0.6) is 0 Å². The molecule has 0 fully saturated rings. The van der Waals surface area contributed by atoms with E-state index < -0.39 is 18.5 Å². The summed E-state index contributed by atoms with van der Waals surface area (Å²) in [6.45, 7) is -0.791. The van der Waals surface area contributed by atoms with Gasteiger partial charge in [-0.3, -0.25) is 4.79 Å². The van der Waals surface area contributed by atoms with Gasteiger partial charge in [0.05, 0.1) is 18.2 Å². The second-order valence-electron chi connectivity index (χ2n) is 3.98. The lowest BCUT2D eigenvalue weighted by molar-refractivity contribution is -0.143. The van der Waals surface area contributed by atoms with Crippen LogP contribution in [0.15, 0.2) is 36.8 Å². The van der Waals surface area contributed by atoms with Gasteiger partial charge < -0.3 is 20.1 Å². The number of amides is 1. The number of aliphatic carboxylic acids is 1. The standard InChI is InChI=1S/C13H13N3O4/c17-12(6-20-7-13(18)19)16-10-3-1-9(2-4-10)11-5-14-8-15-11/h1-5,8H,6-7H2,(H,14,15)(H,16,17)(H,18,19). The Morgan fingerprint density at radius 3 is 2.60 bits per heavy atom. The summed E-state index contributed by atoms with van der Waals surface area (Å²) in [4.78, 5) is 28.6. The molecule has 0 aliphatic rings. The summed E-state index contributed by atoms with van der Waals surface area (Å²) in [5.41, 5.74) is 2.44. The van der Waals surface area contributed by atoms with Crippen molar-refractivity contribution in [2.24, 2.45) is 0 Å². The van der Waals surface area contributed by atoms with Gasteiger partial charge in [0.15, 0.2) is 0 Å². The molecule has 20 heavy (non-hydrogen) atoms. The van der Waals surface area contributed by atoms with Crippen LogP contribution in [0.4, 0.5) is 5.69 Å². The SMILES string of the molecule is O=C(O)COCC(=O)Nc1ccc(-c2cnc[nH]2)cc1. The fraction of sp³-hybridized carbons (Fsp3) is 0.154. The smallest absolute Gasteiger partial charge is 0.329 e. The number of hydrogen-bond acceptors (Lipinski definition) is 4. The van der Waals surface area contributed by atoms with E-state index in [1.807, 2.05) is 12.1 Å². The van der Waals surface area contributed by atoms with Crippen LogP contribution >= 0.6 is 0 Å². The minimum absolute atomic E-state index is 0.297. The number of carbonyl (C=O) groups is 2. The Kier molecular flexibility index (Phi) is 4.46. The summed E-state index contributed by atoms with van der Waals surface area (Å²) in [6.07, 6.45) is 3.29. The van der Waals surface area contributed by atoms with Crippen molar-refractivity contribution in [1.82, 2.24) is 9.97 Å². The second-order valence-corrected chi connectivity index (χ2v) is 3.98. The van der Waals surface area contributed by atoms with Gasteiger partial charge in [-0.05, 0) is 17.7 Å². The van der Waals surface area contributed by atoms with Crippen LogP contribution in [0, 0.1) is 0 Å². The van der Waals surface area contributed by atoms with Crippen molar-refractivity contribution in [3.63, 3.8) is 0 Å². The van der Waals surface area contributed by atoms with E-state index in [1.54, 1.807) is 24.7 Å². The molecule has 0 bridgehead atoms. The van der Waals surface area contributed by atoms with Crippen molar-refractivity contribution in [1.29, 1.82) is 0 Å². The summed E-state index contributed by atoms with van der Waals surface area (Å²) < 4.78 is 4.69. The number of carboxylic acids is 1. The molecule has 7 heteroatoms. The van der Waals surface area contributed by atoms with Crippen LogP contribution in [0.25, 0.3) is 11.3 Å². The zero-order chi connectivity index (χ0) is 14.4. The zero-order valence-electron chi connectivity index (χ0n) is 10.5. The van der Waals surface area contributed by atoms with Crippen molar-refractivity contribution in [2.45, 2.75) is 0 Å². The number of benzene rings is 1. The molecular weight excluding hydrogens is 262 g/mol. The Morgan fingerprint density at radius 2 is 2.00 bits per heavy atom. The number of hydrogen-bond donors (Lipinski definition) is 3. The van der Waals surface area contributed by atoms with Crippen LogP contribution < -0.4 is 5.32 Å². The molecule has 104 valence electrons. The number of nitrogens with one attached hydrogen (secondary N) is 2. The molecule has 1 heterocycles. The Balaban J connectivity index is 1.87. The van der Waals surface area contributed by atoms with Crippen LogP contribution in [0.3, 0.4) is 0 Å². The van der Waals surface area contributed by atoms with Gasteiger partial charge >= 0.3 is 5.97 Å². The molecule has 3 N–H and O–H groups in total. The fourth-order valence-electron chi connectivity index (χ4n) is 1.57. The number of aromatic amines is 1. The molecule has 0 spiro atoms. The number of nitrogens with zero attached hydrogens (tertiary/aromatic N) is 1. The van der Waals surface area contributed by atoms with Gasteiger partial charge in [0.1, 0.15) is 13.2 Å². The number of ether oxygens (including phenoxy) is 1. The molecular formula is C13H13N3O4. The van der Waals surface area contributed by atoms with E-state index in [0.29, 0.717) is 5.69 Å². The quantitative estimate of drug-likeness (QED) is 0.732. The van der Waals surface area contributed by atoms with Gasteiger partial charge in [0.2, 0.25) is 5.91 Å². The third-order valence-electron chi connectivity index (χ3n) is 2.44. The van der Waals surface area contributed by atoms with E-state index in [-0.39, 0.29) is 6.61 Å². The second kappa shape index (κ2) is 6.48. The van der Waals surface area contributed by atoms with E-state index in [4.69, 9.17) is 5.11 Å². The first-order valence-corrected chi connectivity index (χ1v) is 5.83. The van der Waals surface area contributed by atoms with Crippen LogP contribution in [0.1, 0.15) is 0 Å². The average Bonchev–Trinajstić information content (AvgIpc) is 2.93. The molecule has 0 radical (unpaired) electrons. The lowest BCUT2D eigenvalue weighted by Crippen LogP contribution is -2.20. The topological polar surface area (TPSA) is 104 Å². The van der Waals surface area contributed by atoms with Gasteiger partial charge in [-0.15, -0.1) is 0 Å². The minimum atomic E-state index is -1.11. The number of anilines is 1. The Hall–Kier alpha value is -2.67. The van der Waals surface area contributed by atoms with Gasteiger partial charge in [-0.2, -0.15) is 0 Å². The maximum absolute atomic E-state index is 11.5.